The lowest BCUT2D eigenvalue weighted by Crippen LogP contribution is -2.46. The van der Waals surface area contributed by atoms with Gasteiger partial charge in [0.1, 0.15) is 0 Å². The molecule has 1 unspecified atom stereocenters. The van der Waals surface area contributed by atoms with Gasteiger partial charge in [0.25, 0.3) is 5.89 Å². The maximum Gasteiger partial charge on any atom is 0.266 e. The summed E-state index contributed by atoms with van der Waals surface area (Å²) in [5.41, 5.74) is -1.68. The van der Waals surface area contributed by atoms with E-state index in [0.29, 0.717) is 43.5 Å². The number of hydrogen-bond donors (Lipinski definition) is 0. The molecular weight excluding hydrogens is 321 g/mol. The second-order valence-corrected chi connectivity index (χ2v) is 8.16. The number of carbonyl (C=O) groups excluding carboxylic acids is 1. The summed E-state index contributed by atoms with van der Waals surface area (Å²) < 4.78 is 20.6. The van der Waals surface area contributed by atoms with Crippen LogP contribution in [0.15, 0.2) is 4.52 Å². The Morgan fingerprint density at radius 3 is 2.76 bits per heavy atom. The minimum Gasteiger partial charge on any atom is -0.339 e. The molecule has 1 amide bonds. The first kappa shape index (κ1) is 17.0. The van der Waals surface area contributed by atoms with Crippen LogP contribution in [0, 0.1) is 5.92 Å². The van der Waals surface area contributed by atoms with E-state index in [9.17, 15) is 4.79 Å². The summed E-state index contributed by atoms with van der Waals surface area (Å²) >= 11 is 0. The fourth-order valence-electron chi connectivity index (χ4n) is 4.28. The molecule has 1 saturated heterocycles. The Labute approximate surface area is 148 Å². The molecule has 1 aliphatic heterocycles. The van der Waals surface area contributed by atoms with Gasteiger partial charge in [0.2, 0.25) is 11.6 Å². The van der Waals surface area contributed by atoms with Gasteiger partial charge in [-0.05, 0) is 38.0 Å². The van der Waals surface area contributed by atoms with Gasteiger partial charge >= 0.3 is 0 Å². The van der Waals surface area contributed by atoms with Gasteiger partial charge in [0, 0.05) is 18.9 Å². The minimum absolute atomic E-state index is 0.0583. The van der Waals surface area contributed by atoms with Gasteiger partial charge in [-0.1, -0.05) is 37.3 Å². The van der Waals surface area contributed by atoms with Gasteiger partial charge < -0.3 is 9.42 Å². The van der Waals surface area contributed by atoms with Crippen LogP contribution in [0.3, 0.4) is 0 Å². The van der Waals surface area contributed by atoms with E-state index in [1.165, 1.54) is 32.1 Å². The number of rotatable bonds is 5. The molecule has 138 valence electrons. The average molecular weight is 349 g/mol. The van der Waals surface area contributed by atoms with Gasteiger partial charge in [-0.2, -0.15) is 4.98 Å². The summed E-state index contributed by atoms with van der Waals surface area (Å²) in [7, 11) is 0. The lowest BCUT2D eigenvalue weighted by molar-refractivity contribution is -0.136. The molecule has 3 fully saturated rings. The summed E-state index contributed by atoms with van der Waals surface area (Å²) in [5, 5.41) is 3.94. The van der Waals surface area contributed by atoms with Gasteiger partial charge in [-0.25, -0.2) is 4.39 Å². The zero-order valence-electron chi connectivity index (χ0n) is 14.9. The van der Waals surface area contributed by atoms with Crippen molar-refractivity contribution in [1.82, 2.24) is 15.0 Å². The van der Waals surface area contributed by atoms with Gasteiger partial charge in [-0.15, -0.1) is 0 Å². The summed E-state index contributed by atoms with van der Waals surface area (Å²) in [6, 6.07) is 0. The fourth-order valence-corrected chi connectivity index (χ4v) is 4.28. The standard InChI is InChI=1S/C19H28FN3O2/c20-19(18-21-17(22-25-18)15-8-9-15)11-4-12-23(13-19)16(24)10-7-14-5-2-1-3-6-14/h14-15H,1-13H2. The number of alkyl halides is 1. The first-order valence-corrected chi connectivity index (χ1v) is 9.95. The largest absolute Gasteiger partial charge is 0.339 e. The van der Waals surface area contributed by atoms with Crippen LogP contribution >= 0.6 is 0 Å². The molecule has 0 N–H and O–H groups in total. The van der Waals surface area contributed by atoms with E-state index in [0.717, 1.165) is 19.3 Å². The quantitative estimate of drug-likeness (QED) is 0.803. The van der Waals surface area contributed by atoms with Crippen LogP contribution in [-0.2, 0) is 10.5 Å². The number of amides is 1. The van der Waals surface area contributed by atoms with Crippen molar-refractivity contribution in [3.63, 3.8) is 0 Å². The van der Waals surface area contributed by atoms with Crippen molar-refractivity contribution in [3.8, 4) is 0 Å². The second-order valence-electron chi connectivity index (χ2n) is 8.16. The monoisotopic (exact) mass is 349 g/mol. The van der Waals surface area contributed by atoms with E-state index >= 15 is 4.39 Å². The van der Waals surface area contributed by atoms with E-state index in [1.54, 1.807) is 4.90 Å². The molecule has 1 atom stereocenters. The molecule has 1 aromatic rings. The molecule has 0 aromatic carbocycles. The predicted octanol–water partition coefficient (Wildman–Crippen LogP) is 4.09. The molecule has 0 radical (unpaired) electrons. The Morgan fingerprint density at radius 1 is 1.20 bits per heavy atom. The molecule has 6 heteroatoms. The highest BCUT2D eigenvalue weighted by Gasteiger charge is 2.44. The zero-order chi connectivity index (χ0) is 17.3. The van der Waals surface area contributed by atoms with Crippen molar-refractivity contribution in [1.29, 1.82) is 0 Å². The molecule has 1 aromatic heterocycles. The van der Waals surface area contributed by atoms with Crippen LogP contribution in [0.1, 0.15) is 88.3 Å². The fraction of sp³-hybridized carbons (Fsp3) is 0.842. The lowest BCUT2D eigenvalue weighted by Gasteiger charge is -2.35. The van der Waals surface area contributed by atoms with Gasteiger partial charge in [-0.3, -0.25) is 4.79 Å². The SMILES string of the molecule is O=C(CCC1CCCCC1)N1CCCC(F)(c2nc(C3CC3)no2)C1. The number of piperidine rings is 1. The molecule has 2 heterocycles. The Bertz CT molecular complexity index is 610. The molecule has 3 aliphatic rings. The van der Waals surface area contributed by atoms with Crippen LogP contribution in [-0.4, -0.2) is 34.0 Å². The maximum atomic E-state index is 15.4. The molecular formula is C19H28FN3O2. The third-order valence-electron chi connectivity index (χ3n) is 6.05. The summed E-state index contributed by atoms with van der Waals surface area (Å²) in [4.78, 5) is 18.5. The number of likely N-dealkylation sites (tertiary alicyclic amines) is 1. The minimum atomic E-state index is -1.68. The molecule has 2 aliphatic carbocycles. The first-order valence-electron chi connectivity index (χ1n) is 9.95. The Hall–Kier alpha value is -1.46. The van der Waals surface area contributed by atoms with Crippen molar-refractivity contribution in [2.24, 2.45) is 5.92 Å². The Kier molecular flexibility index (Phi) is 4.78. The molecule has 0 spiro atoms. The number of carbonyl (C=O) groups is 1. The van der Waals surface area contributed by atoms with Crippen LogP contribution in [0.2, 0.25) is 0 Å². The highest BCUT2D eigenvalue weighted by molar-refractivity contribution is 5.76. The topological polar surface area (TPSA) is 59.2 Å². The third-order valence-corrected chi connectivity index (χ3v) is 6.05. The van der Waals surface area contributed by atoms with Crippen molar-refractivity contribution in [2.45, 2.75) is 82.2 Å². The summed E-state index contributed by atoms with van der Waals surface area (Å²) in [6.45, 7) is 0.696. The molecule has 2 saturated carbocycles. The average Bonchev–Trinajstić information content (AvgIpc) is 3.36. The van der Waals surface area contributed by atoms with Crippen molar-refractivity contribution in [2.75, 3.05) is 13.1 Å². The van der Waals surface area contributed by atoms with E-state index in [2.05, 4.69) is 10.1 Å². The number of nitrogens with zero attached hydrogens (tertiary/aromatic N) is 3. The van der Waals surface area contributed by atoms with Crippen molar-refractivity contribution in [3.05, 3.63) is 11.7 Å². The van der Waals surface area contributed by atoms with Gasteiger partial charge in [0.05, 0.1) is 6.54 Å². The molecule has 4 rings (SSSR count). The van der Waals surface area contributed by atoms with Crippen LogP contribution in [0.4, 0.5) is 4.39 Å². The maximum absolute atomic E-state index is 15.4. The van der Waals surface area contributed by atoms with Gasteiger partial charge in [0.15, 0.2) is 5.82 Å². The van der Waals surface area contributed by atoms with Crippen LogP contribution < -0.4 is 0 Å². The van der Waals surface area contributed by atoms with E-state index in [-0.39, 0.29) is 18.3 Å². The molecule has 5 nitrogen and oxygen atoms in total. The van der Waals surface area contributed by atoms with Crippen LogP contribution in [0.5, 0.6) is 0 Å². The van der Waals surface area contributed by atoms with Crippen LogP contribution in [0.25, 0.3) is 0 Å². The highest BCUT2D eigenvalue weighted by Crippen LogP contribution is 2.41. The van der Waals surface area contributed by atoms with Crippen molar-refractivity contribution >= 4 is 5.91 Å². The van der Waals surface area contributed by atoms with E-state index in [1.807, 2.05) is 0 Å². The zero-order valence-corrected chi connectivity index (χ0v) is 14.9. The summed E-state index contributed by atoms with van der Waals surface area (Å²) in [5.74, 6) is 1.80. The molecule has 25 heavy (non-hydrogen) atoms. The lowest BCUT2D eigenvalue weighted by atomic mass is 9.86. The predicted molar refractivity (Wildman–Crippen MR) is 90.7 cm³/mol. The number of halogens is 1. The first-order chi connectivity index (χ1) is 12.1. The van der Waals surface area contributed by atoms with E-state index in [4.69, 9.17) is 4.52 Å². The Balaban J connectivity index is 1.34. The number of hydrogen-bond acceptors (Lipinski definition) is 4. The summed E-state index contributed by atoms with van der Waals surface area (Å²) in [6.07, 6.45) is 11.0. The van der Waals surface area contributed by atoms with E-state index < -0.39 is 5.67 Å². The third kappa shape index (κ3) is 3.87. The molecule has 0 bridgehead atoms. The number of aromatic nitrogens is 2. The highest BCUT2D eigenvalue weighted by atomic mass is 19.1. The van der Waals surface area contributed by atoms with Crippen molar-refractivity contribution < 1.29 is 13.7 Å². The smallest absolute Gasteiger partial charge is 0.266 e. The second kappa shape index (κ2) is 7.04. The normalized spacial score (nSPS) is 28.3. The Morgan fingerprint density at radius 2 is 2.00 bits per heavy atom.